The van der Waals surface area contributed by atoms with Crippen molar-refractivity contribution < 1.29 is 9.90 Å². The Kier molecular flexibility index (Phi) is 5.77. The number of rotatable bonds is 4. The van der Waals surface area contributed by atoms with Crippen LogP contribution in [0, 0.1) is 13.8 Å². The Morgan fingerprint density at radius 2 is 1.90 bits per heavy atom. The maximum atomic E-state index is 12.9. The topological polar surface area (TPSA) is 78.4 Å². The van der Waals surface area contributed by atoms with Crippen LogP contribution in [0.2, 0.25) is 0 Å². The third kappa shape index (κ3) is 4.33. The molecule has 1 saturated heterocycles. The molecule has 0 aliphatic carbocycles. The molecule has 6 nitrogen and oxygen atoms in total. The first-order valence-electron chi connectivity index (χ1n) is 10.3. The van der Waals surface area contributed by atoms with E-state index in [1.54, 1.807) is 6.20 Å². The highest BCUT2D eigenvalue weighted by Gasteiger charge is 2.19. The number of pyridine rings is 2. The van der Waals surface area contributed by atoms with Gasteiger partial charge in [-0.15, -0.1) is 0 Å². The molecule has 0 unspecified atom stereocenters. The first-order valence-corrected chi connectivity index (χ1v) is 10.3. The molecule has 0 spiro atoms. The first kappa shape index (κ1) is 20.0. The fourth-order valence-corrected chi connectivity index (χ4v) is 3.76. The van der Waals surface area contributed by atoms with Gasteiger partial charge in [0.25, 0.3) is 5.91 Å². The summed E-state index contributed by atoms with van der Waals surface area (Å²) in [6.07, 6.45) is 3.03. The number of hydrogen-bond donors (Lipinski definition) is 2. The van der Waals surface area contributed by atoms with Gasteiger partial charge in [-0.1, -0.05) is 12.1 Å². The van der Waals surface area contributed by atoms with Gasteiger partial charge in [0.05, 0.1) is 23.1 Å². The Morgan fingerprint density at radius 1 is 1.10 bits per heavy atom. The van der Waals surface area contributed by atoms with E-state index < -0.39 is 0 Å². The van der Waals surface area contributed by atoms with Crippen molar-refractivity contribution in [2.75, 3.05) is 23.3 Å². The highest BCUT2D eigenvalue weighted by molar-refractivity contribution is 6.05. The lowest BCUT2D eigenvalue weighted by Crippen LogP contribution is -2.36. The maximum Gasteiger partial charge on any atom is 0.257 e. The van der Waals surface area contributed by atoms with E-state index in [9.17, 15) is 9.90 Å². The van der Waals surface area contributed by atoms with Gasteiger partial charge in [-0.05, 0) is 68.7 Å². The van der Waals surface area contributed by atoms with E-state index in [4.69, 9.17) is 0 Å². The second kappa shape index (κ2) is 8.63. The number of anilines is 2. The molecule has 0 saturated carbocycles. The van der Waals surface area contributed by atoms with Crippen molar-refractivity contribution >= 4 is 17.4 Å². The van der Waals surface area contributed by atoms with Crippen LogP contribution in [0.4, 0.5) is 11.5 Å². The number of amides is 1. The molecule has 3 aromatic rings. The Labute approximate surface area is 176 Å². The van der Waals surface area contributed by atoms with Crippen molar-refractivity contribution in [3.8, 4) is 11.3 Å². The van der Waals surface area contributed by atoms with Crippen LogP contribution in [-0.4, -0.2) is 40.2 Å². The van der Waals surface area contributed by atoms with Crippen molar-refractivity contribution in [2.24, 2.45) is 0 Å². The Hall–Kier alpha value is -3.25. The van der Waals surface area contributed by atoms with Crippen molar-refractivity contribution in [1.82, 2.24) is 9.97 Å². The molecule has 1 aliphatic heterocycles. The molecule has 0 radical (unpaired) electrons. The van der Waals surface area contributed by atoms with E-state index in [0.717, 1.165) is 54.3 Å². The van der Waals surface area contributed by atoms with Gasteiger partial charge in [-0.25, -0.2) is 4.98 Å². The molecule has 1 fully saturated rings. The number of nitrogens with one attached hydrogen (secondary N) is 1. The van der Waals surface area contributed by atoms with Gasteiger partial charge in [0.2, 0.25) is 0 Å². The molecule has 2 aromatic heterocycles. The van der Waals surface area contributed by atoms with Crippen molar-refractivity contribution in [2.45, 2.75) is 32.8 Å². The third-order valence-corrected chi connectivity index (χ3v) is 5.54. The molecule has 0 atom stereocenters. The predicted octanol–water partition coefficient (Wildman–Crippen LogP) is 3.97. The molecule has 0 bridgehead atoms. The SMILES string of the molecule is Cc1ccc(NC(=O)c2ccc(N3CCC(O)CC3)nc2C)cc1-c1ccccn1. The number of hydrogen-bond acceptors (Lipinski definition) is 5. The largest absolute Gasteiger partial charge is 0.393 e. The summed E-state index contributed by atoms with van der Waals surface area (Å²) in [5.41, 5.74) is 4.93. The average molecular weight is 402 g/mol. The number of carbonyl (C=O) groups excluding carboxylic acids is 1. The van der Waals surface area contributed by atoms with Gasteiger partial charge in [0.15, 0.2) is 0 Å². The molecular weight excluding hydrogens is 376 g/mol. The zero-order chi connectivity index (χ0) is 21.1. The van der Waals surface area contributed by atoms with E-state index in [1.807, 2.05) is 62.4 Å². The van der Waals surface area contributed by atoms with Crippen LogP contribution in [0.25, 0.3) is 11.3 Å². The number of benzene rings is 1. The standard InChI is InChI=1S/C24H26N4O2/c1-16-6-7-18(15-21(16)22-5-3-4-12-25-22)27-24(30)20-8-9-23(26-17(20)2)28-13-10-19(29)11-14-28/h3-9,12,15,19,29H,10-11,13-14H2,1-2H3,(H,27,30). The van der Waals surface area contributed by atoms with Crippen LogP contribution < -0.4 is 10.2 Å². The molecule has 1 aromatic carbocycles. The molecule has 154 valence electrons. The van der Waals surface area contributed by atoms with Gasteiger partial charge in [-0.2, -0.15) is 0 Å². The van der Waals surface area contributed by atoms with Gasteiger partial charge in [-0.3, -0.25) is 9.78 Å². The lowest BCUT2D eigenvalue weighted by molar-refractivity contribution is 0.102. The summed E-state index contributed by atoms with van der Waals surface area (Å²) in [6.45, 7) is 5.44. The molecule has 30 heavy (non-hydrogen) atoms. The highest BCUT2D eigenvalue weighted by Crippen LogP contribution is 2.26. The number of aryl methyl sites for hydroxylation is 2. The minimum atomic E-state index is -0.224. The lowest BCUT2D eigenvalue weighted by Gasteiger charge is -2.30. The van der Waals surface area contributed by atoms with Gasteiger partial charge < -0.3 is 15.3 Å². The van der Waals surface area contributed by atoms with Gasteiger partial charge in [0.1, 0.15) is 5.82 Å². The Morgan fingerprint density at radius 3 is 2.60 bits per heavy atom. The fourth-order valence-electron chi connectivity index (χ4n) is 3.76. The number of aromatic nitrogens is 2. The lowest BCUT2D eigenvalue weighted by atomic mass is 10.0. The Balaban J connectivity index is 1.52. The molecule has 2 N–H and O–H groups in total. The van der Waals surface area contributed by atoms with E-state index in [1.165, 1.54) is 0 Å². The molecule has 4 rings (SSSR count). The zero-order valence-electron chi connectivity index (χ0n) is 17.3. The number of carbonyl (C=O) groups is 1. The normalized spacial score (nSPS) is 14.6. The molecule has 6 heteroatoms. The van der Waals surface area contributed by atoms with E-state index >= 15 is 0 Å². The minimum Gasteiger partial charge on any atom is -0.393 e. The smallest absolute Gasteiger partial charge is 0.257 e. The van der Waals surface area contributed by atoms with Crippen molar-refractivity contribution in [3.05, 3.63) is 71.5 Å². The number of piperidine rings is 1. The number of aliphatic hydroxyl groups excluding tert-OH is 1. The Bertz CT molecular complexity index is 1040. The second-order valence-electron chi connectivity index (χ2n) is 7.72. The number of nitrogens with zero attached hydrogens (tertiary/aromatic N) is 3. The fraction of sp³-hybridized carbons (Fsp3) is 0.292. The third-order valence-electron chi connectivity index (χ3n) is 5.54. The monoisotopic (exact) mass is 402 g/mol. The summed E-state index contributed by atoms with van der Waals surface area (Å²) >= 11 is 0. The summed E-state index contributed by atoms with van der Waals surface area (Å²) in [5, 5.41) is 12.7. The van der Waals surface area contributed by atoms with Crippen molar-refractivity contribution in [1.29, 1.82) is 0 Å². The van der Waals surface area contributed by atoms with Crippen LogP contribution in [0.15, 0.2) is 54.7 Å². The highest BCUT2D eigenvalue weighted by atomic mass is 16.3. The van der Waals surface area contributed by atoms with Crippen LogP contribution in [0.1, 0.15) is 34.5 Å². The van der Waals surface area contributed by atoms with Crippen molar-refractivity contribution in [3.63, 3.8) is 0 Å². The van der Waals surface area contributed by atoms with E-state index in [0.29, 0.717) is 11.3 Å². The summed E-state index contributed by atoms with van der Waals surface area (Å²) in [7, 11) is 0. The number of aliphatic hydroxyl groups is 1. The molecular formula is C24H26N4O2. The quantitative estimate of drug-likeness (QED) is 0.690. The predicted molar refractivity (Wildman–Crippen MR) is 119 cm³/mol. The second-order valence-corrected chi connectivity index (χ2v) is 7.72. The minimum absolute atomic E-state index is 0.184. The first-order chi connectivity index (χ1) is 14.5. The molecule has 3 heterocycles. The van der Waals surface area contributed by atoms with Crippen LogP contribution >= 0.6 is 0 Å². The average Bonchev–Trinajstić information content (AvgIpc) is 2.76. The van der Waals surface area contributed by atoms with Gasteiger partial charge in [0, 0.05) is 30.5 Å². The summed E-state index contributed by atoms with van der Waals surface area (Å²) in [5.74, 6) is 0.667. The molecule has 1 aliphatic rings. The maximum absolute atomic E-state index is 12.9. The molecule has 1 amide bonds. The van der Waals surface area contributed by atoms with E-state index in [2.05, 4.69) is 20.2 Å². The van der Waals surface area contributed by atoms with Crippen LogP contribution in [-0.2, 0) is 0 Å². The summed E-state index contributed by atoms with van der Waals surface area (Å²) < 4.78 is 0. The van der Waals surface area contributed by atoms with Crippen LogP contribution in [0.3, 0.4) is 0 Å². The van der Waals surface area contributed by atoms with E-state index in [-0.39, 0.29) is 12.0 Å². The van der Waals surface area contributed by atoms with Gasteiger partial charge >= 0.3 is 0 Å². The zero-order valence-corrected chi connectivity index (χ0v) is 17.3. The van der Waals surface area contributed by atoms with Crippen LogP contribution in [0.5, 0.6) is 0 Å². The summed E-state index contributed by atoms with van der Waals surface area (Å²) in [4.78, 5) is 24.1. The summed E-state index contributed by atoms with van der Waals surface area (Å²) in [6, 6.07) is 15.3.